The first kappa shape index (κ1) is 9.21. The van der Waals surface area contributed by atoms with E-state index >= 15 is 0 Å². The Labute approximate surface area is 81.8 Å². The monoisotopic (exact) mass is 195 g/mol. The van der Waals surface area contributed by atoms with Gasteiger partial charge in [-0.05, 0) is 19.9 Å². The maximum Gasteiger partial charge on any atom is 0.229 e. The van der Waals surface area contributed by atoms with Crippen molar-refractivity contribution in [2.75, 3.05) is 11.9 Å². The first-order valence-corrected chi connectivity index (χ1v) is 4.71. The summed E-state index contributed by atoms with van der Waals surface area (Å²) < 4.78 is 4.62. The van der Waals surface area contributed by atoms with E-state index < -0.39 is 0 Å². The lowest BCUT2D eigenvalue weighted by molar-refractivity contribution is -0.120. The molecule has 5 nitrogen and oxygen atoms in total. The first-order valence-electron chi connectivity index (χ1n) is 4.71. The summed E-state index contributed by atoms with van der Waals surface area (Å²) in [5, 5.41) is 9.50. The highest BCUT2D eigenvalue weighted by Gasteiger charge is 2.29. The molecular formula is C9H13N3O2. The molecule has 76 valence electrons. The van der Waals surface area contributed by atoms with Gasteiger partial charge < -0.3 is 15.2 Å². The highest BCUT2D eigenvalue weighted by molar-refractivity contribution is 5.92. The van der Waals surface area contributed by atoms with E-state index in [1.54, 1.807) is 0 Å². The summed E-state index contributed by atoms with van der Waals surface area (Å²) in [5.41, 5.74) is 0.620. The summed E-state index contributed by atoms with van der Waals surface area (Å²) in [4.78, 5) is 11.7. The van der Waals surface area contributed by atoms with Gasteiger partial charge in [0, 0.05) is 6.04 Å². The van der Waals surface area contributed by atoms with Gasteiger partial charge in [-0.15, -0.1) is 0 Å². The summed E-state index contributed by atoms with van der Waals surface area (Å²) in [7, 11) is 0. The lowest BCUT2D eigenvalue weighted by Crippen LogP contribution is -2.31. The van der Waals surface area contributed by atoms with Crippen molar-refractivity contribution in [1.29, 1.82) is 0 Å². The Morgan fingerprint density at radius 2 is 2.64 bits per heavy atom. The third-order valence-electron chi connectivity index (χ3n) is 2.56. The molecule has 2 atom stereocenters. The summed E-state index contributed by atoms with van der Waals surface area (Å²) in [6.45, 7) is 2.92. The molecule has 1 fully saturated rings. The number of anilines is 1. The minimum absolute atomic E-state index is 0.0331. The average Bonchev–Trinajstić information content (AvgIpc) is 2.75. The van der Waals surface area contributed by atoms with E-state index in [0.29, 0.717) is 5.69 Å². The summed E-state index contributed by atoms with van der Waals surface area (Å²) in [6.07, 6.45) is 3.80. The third-order valence-corrected chi connectivity index (χ3v) is 2.56. The molecule has 1 aliphatic rings. The second kappa shape index (κ2) is 3.79. The quantitative estimate of drug-likeness (QED) is 0.725. The summed E-state index contributed by atoms with van der Waals surface area (Å²) in [5.74, 6) is 0.0793. The molecule has 0 radical (unpaired) electrons. The van der Waals surface area contributed by atoms with Gasteiger partial charge in [0.05, 0.1) is 12.1 Å². The predicted octanol–water partition coefficient (Wildman–Crippen LogP) is 0.611. The number of carbonyl (C=O) groups is 1. The largest absolute Gasteiger partial charge is 0.363 e. The molecule has 0 saturated carbocycles. The molecule has 2 N–H and O–H groups in total. The molecule has 0 aliphatic carbocycles. The van der Waals surface area contributed by atoms with Crippen LogP contribution in [-0.2, 0) is 4.79 Å². The van der Waals surface area contributed by atoms with Gasteiger partial charge in [0.25, 0.3) is 0 Å². The van der Waals surface area contributed by atoms with Gasteiger partial charge in [0.15, 0.2) is 0 Å². The van der Waals surface area contributed by atoms with Crippen LogP contribution in [-0.4, -0.2) is 23.7 Å². The van der Waals surface area contributed by atoms with E-state index in [0.717, 1.165) is 13.0 Å². The minimum Gasteiger partial charge on any atom is -0.363 e. The molecule has 1 aliphatic heterocycles. The van der Waals surface area contributed by atoms with Gasteiger partial charge in [-0.3, -0.25) is 4.79 Å². The lowest BCUT2D eigenvalue weighted by Gasteiger charge is -2.13. The van der Waals surface area contributed by atoms with Crippen LogP contribution in [0.3, 0.4) is 0 Å². The fraction of sp³-hybridized carbons (Fsp3) is 0.556. The topological polar surface area (TPSA) is 67.2 Å². The van der Waals surface area contributed by atoms with Crippen LogP contribution in [0.2, 0.25) is 0 Å². The van der Waals surface area contributed by atoms with E-state index in [2.05, 4.69) is 20.3 Å². The Balaban J connectivity index is 1.95. The van der Waals surface area contributed by atoms with Crippen molar-refractivity contribution < 1.29 is 9.32 Å². The van der Waals surface area contributed by atoms with Gasteiger partial charge in [0.1, 0.15) is 12.0 Å². The number of nitrogens with zero attached hydrogens (tertiary/aromatic N) is 1. The number of aromatic nitrogens is 1. The lowest BCUT2D eigenvalue weighted by atomic mass is 10.0. The number of amides is 1. The van der Waals surface area contributed by atoms with E-state index in [-0.39, 0.29) is 17.9 Å². The second-order valence-corrected chi connectivity index (χ2v) is 3.54. The van der Waals surface area contributed by atoms with Gasteiger partial charge in [0.2, 0.25) is 5.91 Å². The minimum atomic E-state index is 0.0331. The Hall–Kier alpha value is -1.36. The molecule has 0 spiro atoms. The van der Waals surface area contributed by atoms with Crippen molar-refractivity contribution in [3.8, 4) is 0 Å². The van der Waals surface area contributed by atoms with Crippen molar-refractivity contribution in [1.82, 2.24) is 10.5 Å². The van der Waals surface area contributed by atoms with Crippen LogP contribution in [0, 0.1) is 5.92 Å². The molecule has 1 saturated heterocycles. The highest BCUT2D eigenvalue weighted by atomic mass is 16.5. The Bertz CT molecular complexity index is 310. The maximum atomic E-state index is 11.7. The van der Waals surface area contributed by atoms with E-state index in [9.17, 15) is 4.79 Å². The van der Waals surface area contributed by atoms with Crippen LogP contribution >= 0.6 is 0 Å². The van der Waals surface area contributed by atoms with Gasteiger partial charge in [-0.25, -0.2) is 0 Å². The van der Waals surface area contributed by atoms with E-state index in [1.807, 2.05) is 6.92 Å². The van der Waals surface area contributed by atoms with Crippen molar-refractivity contribution in [2.24, 2.45) is 5.92 Å². The van der Waals surface area contributed by atoms with Crippen LogP contribution in [0.5, 0.6) is 0 Å². The number of carbonyl (C=O) groups excluding carboxylic acids is 1. The second-order valence-electron chi connectivity index (χ2n) is 3.54. The number of hydrogen-bond donors (Lipinski definition) is 2. The molecule has 0 aromatic carbocycles. The zero-order valence-electron chi connectivity index (χ0n) is 7.99. The van der Waals surface area contributed by atoms with Crippen molar-refractivity contribution in [3.63, 3.8) is 0 Å². The fourth-order valence-corrected chi connectivity index (χ4v) is 1.72. The Morgan fingerprint density at radius 1 is 1.79 bits per heavy atom. The average molecular weight is 195 g/mol. The Kier molecular flexibility index (Phi) is 2.49. The van der Waals surface area contributed by atoms with Crippen molar-refractivity contribution >= 4 is 11.6 Å². The Morgan fingerprint density at radius 3 is 3.21 bits per heavy atom. The van der Waals surface area contributed by atoms with Crippen LogP contribution in [0.4, 0.5) is 5.69 Å². The standard InChI is InChI=1S/C9H13N3O2/c1-6-8(2-3-10-6)9(13)12-7-4-11-14-5-7/h4-6,8,10H,2-3H2,1H3,(H,12,13). The van der Waals surface area contributed by atoms with E-state index in [1.165, 1.54) is 12.5 Å². The summed E-state index contributed by atoms with van der Waals surface area (Å²) in [6, 6.07) is 0.245. The molecule has 2 heterocycles. The van der Waals surface area contributed by atoms with Crippen LogP contribution in [0.15, 0.2) is 17.0 Å². The predicted molar refractivity (Wildman–Crippen MR) is 50.7 cm³/mol. The summed E-state index contributed by atoms with van der Waals surface area (Å²) >= 11 is 0. The van der Waals surface area contributed by atoms with Crippen molar-refractivity contribution in [2.45, 2.75) is 19.4 Å². The molecule has 2 unspecified atom stereocenters. The molecular weight excluding hydrogens is 182 g/mol. The molecule has 2 rings (SSSR count). The normalized spacial score (nSPS) is 26.4. The molecule has 5 heteroatoms. The SMILES string of the molecule is CC1NCCC1C(=O)Nc1cnoc1. The third kappa shape index (κ3) is 1.77. The molecule has 1 amide bonds. The smallest absolute Gasteiger partial charge is 0.229 e. The number of nitrogens with one attached hydrogen (secondary N) is 2. The zero-order valence-corrected chi connectivity index (χ0v) is 7.99. The molecule has 0 bridgehead atoms. The van der Waals surface area contributed by atoms with Crippen LogP contribution in [0.1, 0.15) is 13.3 Å². The molecule has 1 aromatic heterocycles. The van der Waals surface area contributed by atoms with Crippen LogP contribution < -0.4 is 10.6 Å². The molecule has 1 aromatic rings. The van der Waals surface area contributed by atoms with Gasteiger partial charge >= 0.3 is 0 Å². The zero-order chi connectivity index (χ0) is 9.97. The fourth-order valence-electron chi connectivity index (χ4n) is 1.72. The van der Waals surface area contributed by atoms with Crippen molar-refractivity contribution in [3.05, 3.63) is 12.5 Å². The van der Waals surface area contributed by atoms with Crippen LogP contribution in [0.25, 0.3) is 0 Å². The van der Waals surface area contributed by atoms with E-state index in [4.69, 9.17) is 0 Å². The highest BCUT2D eigenvalue weighted by Crippen LogP contribution is 2.17. The molecule has 14 heavy (non-hydrogen) atoms. The first-order chi connectivity index (χ1) is 6.77. The van der Waals surface area contributed by atoms with Gasteiger partial charge in [-0.2, -0.15) is 0 Å². The number of rotatable bonds is 2. The number of hydrogen-bond acceptors (Lipinski definition) is 4. The maximum absolute atomic E-state index is 11.7. The van der Waals surface area contributed by atoms with Gasteiger partial charge in [-0.1, -0.05) is 5.16 Å².